The molecule has 0 heterocycles. The average Bonchev–Trinajstić information content (AvgIpc) is 2.36. The van der Waals surface area contributed by atoms with Gasteiger partial charge in [-0.1, -0.05) is 26.0 Å². The molecule has 0 radical (unpaired) electrons. The lowest BCUT2D eigenvalue weighted by molar-refractivity contribution is -0.274. The smallest absolute Gasteiger partial charge is 0.406 e. The Balaban J connectivity index is 2.06. The van der Waals surface area contributed by atoms with E-state index in [0.717, 1.165) is 25.7 Å². The molecule has 0 saturated heterocycles. The van der Waals surface area contributed by atoms with Crippen molar-refractivity contribution in [2.45, 2.75) is 51.9 Å². The van der Waals surface area contributed by atoms with Gasteiger partial charge in [0, 0.05) is 6.04 Å². The number of halogens is 3. The second-order valence-corrected chi connectivity index (χ2v) is 6.65. The van der Waals surface area contributed by atoms with Crippen molar-refractivity contribution in [1.82, 2.24) is 0 Å². The highest BCUT2D eigenvalue weighted by Crippen LogP contribution is 2.42. The van der Waals surface area contributed by atoms with Crippen LogP contribution in [0.4, 0.5) is 13.2 Å². The molecule has 1 aromatic rings. The molecule has 1 fully saturated rings. The van der Waals surface area contributed by atoms with E-state index >= 15 is 0 Å². The molecule has 1 atom stereocenters. The first-order valence-corrected chi connectivity index (χ1v) is 7.28. The Morgan fingerprint density at radius 3 is 2.43 bits per heavy atom. The van der Waals surface area contributed by atoms with Gasteiger partial charge in [0.2, 0.25) is 0 Å². The second kappa shape index (κ2) is 5.87. The molecule has 0 spiro atoms. The van der Waals surface area contributed by atoms with Gasteiger partial charge in [-0.2, -0.15) is 0 Å². The van der Waals surface area contributed by atoms with Gasteiger partial charge in [-0.15, -0.1) is 13.2 Å². The molecule has 2 nitrogen and oxygen atoms in total. The number of rotatable bonds is 3. The molecule has 0 bridgehead atoms. The van der Waals surface area contributed by atoms with Crippen LogP contribution in [0.25, 0.3) is 0 Å². The number of alkyl halides is 3. The van der Waals surface area contributed by atoms with Gasteiger partial charge in [0.05, 0.1) is 0 Å². The Morgan fingerprint density at radius 2 is 1.86 bits per heavy atom. The van der Waals surface area contributed by atoms with Crippen LogP contribution >= 0.6 is 0 Å². The molecule has 1 aliphatic carbocycles. The van der Waals surface area contributed by atoms with Gasteiger partial charge in [-0.3, -0.25) is 0 Å². The van der Waals surface area contributed by atoms with Gasteiger partial charge in [0.1, 0.15) is 5.75 Å². The fourth-order valence-corrected chi connectivity index (χ4v) is 2.97. The molecule has 21 heavy (non-hydrogen) atoms. The van der Waals surface area contributed by atoms with Crippen molar-refractivity contribution in [2.75, 3.05) is 0 Å². The first kappa shape index (κ1) is 16.1. The quantitative estimate of drug-likeness (QED) is 0.870. The molecular weight excluding hydrogens is 279 g/mol. The lowest BCUT2D eigenvalue weighted by Crippen LogP contribution is -2.29. The van der Waals surface area contributed by atoms with Crippen molar-refractivity contribution >= 4 is 0 Å². The minimum atomic E-state index is -4.67. The summed E-state index contributed by atoms with van der Waals surface area (Å²) in [6, 6.07) is 5.79. The summed E-state index contributed by atoms with van der Waals surface area (Å²) in [6.45, 7) is 4.49. The van der Waals surface area contributed by atoms with E-state index in [9.17, 15) is 13.2 Å². The van der Waals surface area contributed by atoms with Gasteiger partial charge >= 0.3 is 6.36 Å². The van der Waals surface area contributed by atoms with Crippen LogP contribution in [0.5, 0.6) is 5.75 Å². The monoisotopic (exact) mass is 301 g/mol. The minimum absolute atomic E-state index is 0.202. The summed E-state index contributed by atoms with van der Waals surface area (Å²) in [5, 5.41) is 0. The standard InChI is InChI=1S/C16H22F3NO/c1-15(2)8-6-11(7-9-15)14(20)12-4-3-5-13(10-12)21-16(17,18)19/h3-5,10-11,14H,6-9,20H2,1-2H3. The molecule has 2 rings (SSSR count). The third-order valence-electron chi connectivity index (χ3n) is 4.37. The maximum atomic E-state index is 12.3. The molecule has 118 valence electrons. The lowest BCUT2D eigenvalue weighted by Gasteiger charge is -2.37. The van der Waals surface area contributed by atoms with E-state index in [1.807, 2.05) is 0 Å². The number of ether oxygens (including phenoxy) is 1. The molecule has 0 aromatic heterocycles. The summed E-state index contributed by atoms with van der Waals surface area (Å²) < 4.78 is 40.7. The van der Waals surface area contributed by atoms with E-state index in [-0.39, 0.29) is 11.8 Å². The van der Waals surface area contributed by atoms with Crippen LogP contribution in [0.1, 0.15) is 51.1 Å². The number of hydrogen-bond acceptors (Lipinski definition) is 2. The predicted molar refractivity (Wildman–Crippen MR) is 75.8 cm³/mol. The third kappa shape index (κ3) is 4.63. The van der Waals surface area contributed by atoms with E-state index < -0.39 is 6.36 Å². The van der Waals surface area contributed by atoms with Crippen molar-refractivity contribution in [2.24, 2.45) is 17.1 Å². The topological polar surface area (TPSA) is 35.2 Å². The number of nitrogens with two attached hydrogens (primary N) is 1. The van der Waals surface area contributed by atoms with Crippen LogP contribution in [0.2, 0.25) is 0 Å². The average molecular weight is 301 g/mol. The van der Waals surface area contributed by atoms with Crippen LogP contribution in [0.3, 0.4) is 0 Å². The van der Waals surface area contributed by atoms with E-state index in [2.05, 4.69) is 18.6 Å². The predicted octanol–water partition coefficient (Wildman–Crippen LogP) is 4.80. The highest BCUT2D eigenvalue weighted by Gasteiger charge is 2.32. The third-order valence-corrected chi connectivity index (χ3v) is 4.37. The summed E-state index contributed by atoms with van der Waals surface area (Å²) >= 11 is 0. The van der Waals surface area contributed by atoms with Gasteiger partial charge in [-0.05, 0) is 54.7 Å². The highest BCUT2D eigenvalue weighted by atomic mass is 19.4. The van der Waals surface area contributed by atoms with Crippen molar-refractivity contribution < 1.29 is 17.9 Å². The molecular formula is C16H22F3NO. The number of hydrogen-bond donors (Lipinski definition) is 1. The molecule has 0 aliphatic heterocycles. The summed E-state index contributed by atoms with van der Waals surface area (Å²) in [6.07, 6.45) is -0.442. The largest absolute Gasteiger partial charge is 0.573 e. The molecule has 1 saturated carbocycles. The fraction of sp³-hybridized carbons (Fsp3) is 0.625. The molecule has 0 amide bonds. The van der Waals surface area contributed by atoms with Crippen molar-refractivity contribution in [3.05, 3.63) is 29.8 Å². The first-order valence-electron chi connectivity index (χ1n) is 7.28. The van der Waals surface area contributed by atoms with E-state index in [1.165, 1.54) is 12.1 Å². The Hall–Kier alpha value is -1.23. The molecule has 1 aromatic carbocycles. The van der Waals surface area contributed by atoms with Gasteiger partial charge in [0.15, 0.2) is 0 Å². The highest BCUT2D eigenvalue weighted by molar-refractivity contribution is 5.31. The SMILES string of the molecule is CC1(C)CCC(C(N)c2cccc(OC(F)(F)F)c2)CC1. The summed E-state index contributed by atoms with van der Waals surface area (Å²) in [4.78, 5) is 0. The van der Waals surface area contributed by atoms with Gasteiger partial charge in [0.25, 0.3) is 0 Å². The lowest BCUT2D eigenvalue weighted by atomic mass is 9.70. The summed E-state index contributed by atoms with van der Waals surface area (Å²) in [5.41, 5.74) is 7.31. The molecule has 1 aliphatic rings. The van der Waals surface area contributed by atoms with Crippen molar-refractivity contribution in [3.8, 4) is 5.75 Å². The van der Waals surface area contributed by atoms with Crippen LogP contribution in [0.15, 0.2) is 24.3 Å². The normalized spacial score (nSPS) is 21.0. The van der Waals surface area contributed by atoms with E-state index in [0.29, 0.717) is 16.9 Å². The zero-order valence-electron chi connectivity index (χ0n) is 12.4. The Kier molecular flexibility index (Phi) is 4.51. The van der Waals surface area contributed by atoms with Crippen LogP contribution in [-0.2, 0) is 0 Å². The Bertz CT molecular complexity index is 475. The van der Waals surface area contributed by atoms with Gasteiger partial charge in [-0.25, -0.2) is 0 Å². The minimum Gasteiger partial charge on any atom is -0.406 e. The van der Waals surface area contributed by atoms with E-state index in [4.69, 9.17) is 5.73 Å². The molecule has 1 unspecified atom stereocenters. The molecule has 2 N–H and O–H groups in total. The fourth-order valence-electron chi connectivity index (χ4n) is 2.97. The summed E-state index contributed by atoms with van der Waals surface area (Å²) in [7, 11) is 0. The van der Waals surface area contributed by atoms with Crippen LogP contribution in [0, 0.1) is 11.3 Å². The van der Waals surface area contributed by atoms with Gasteiger partial charge < -0.3 is 10.5 Å². The van der Waals surface area contributed by atoms with Crippen LogP contribution < -0.4 is 10.5 Å². The van der Waals surface area contributed by atoms with E-state index in [1.54, 1.807) is 12.1 Å². The zero-order valence-corrected chi connectivity index (χ0v) is 12.4. The number of benzene rings is 1. The summed E-state index contributed by atoms with van der Waals surface area (Å²) in [5.74, 6) is 0.116. The van der Waals surface area contributed by atoms with Crippen molar-refractivity contribution in [3.63, 3.8) is 0 Å². The Morgan fingerprint density at radius 1 is 1.24 bits per heavy atom. The Labute approximate surface area is 123 Å². The second-order valence-electron chi connectivity index (χ2n) is 6.65. The maximum absolute atomic E-state index is 12.3. The maximum Gasteiger partial charge on any atom is 0.573 e. The molecule has 5 heteroatoms. The zero-order chi connectivity index (χ0) is 15.7. The van der Waals surface area contributed by atoms with Crippen LogP contribution in [-0.4, -0.2) is 6.36 Å². The first-order chi connectivity index (χ1) is 9.66. The van der Waals surface area contributed by atoms with Crippen molar-refractivity contribution in [1.29, 1.82) is 0 Å².